The molecule has 2 nitrogen and oxygen atoms in total. The smallest absolute Gasteiger partial charge is 0.257 e. The van der Waals surface area contributed by atoms with E-state index in [0.717, 1.165) is 21.4 Å². The fraction of sp³-hybridized carbons (Fsp3) is 0.267. The maximum absolute atomic E-state index is 12.3. The minimum absolute atomic E-state index is 0.0990. The van der Waals surface area contributed by atoms with Crippen LogP contribution in [0.4, 0.5) is 5.69 Å². The second kappa shape index (κ2) is 8.88. The second-order valence-corrected chi connectivity index (χ2v) is 6.40. The van der Waals surface area contributed by atoms with Crippen molar-refractivity contribution in [1.29, 1.82) is 0 Å². The van der Waals surface area contributed by atoms with E-state index in [2.05, 4.69) is 25.7 Å². The molecule has 1 rings (SSSR count). The van der Waals surface area contributed by atoms with E-state index in [0.29, 0.717) is 5.57 Å². The van der Waals surface area contributed by atoms with Gasteiger partial charge in [0.25, 0.3) is 5.91 Å². The number of carbonyl (C=O) groups is 1. The van der Waals surface area contributed by atoms with E-state index < -0.39 is 0 Å². The lowest BCUT2D eigenvalue weighted by molar-refractivity contribution is -0.112. The van der Waals surface area contributed by atoms with Crippen LogP contribution in [0, 0.1) is 0 Å². The van der Waals surface area contributed by atoms with Crippen molar-refractivity contribution in [1.82, 2.24) is 0 Å². The normalized spacial score (nSPS) is 9.79. The molecule has 0 bridgehead atoms. The van der Waals surface area contributed by atoms with Gasteiger partial charge in [0.1, 0.15) is 0 Å². The summed E-state index contributed by atoms with van der Waals surface area (Å²) in [5.41, 5.74) is 1.46. The number of nitrogens with one attached hydrogen (secondary N) is 1. The molecule has 0 saturated heterocycles. The summed E-state index contributed by atoms with van der Waals surface area (Å²) in [6.45, 7) is 7.92. The number of benzene rings is 1. The zero-order valence-electron chi connectivity index (χ0n) is 11.3. The number of para-hydroxylation sites is 1. The fourth-order valence-electron chi connectivity index (χ4n) is 1.45. The molecule has 0 aliphatic rings. The van der Waals surface area contributed by atoms with Crippen molar-refractivity contribution in [3.63, 3.8) is 0 Å². The summed E-state index contributed by atoms with van der Waals surface area (Å²) in [7, 11) is 0. The quantitative estimate of drug-likeness (QED) is 0.591. The zero-order valence-corrected chi connectivity index (χ0v) is 12.9. The molecule has 1 N–H and O–H groups in total. The number of rotatable bonds is 7. The Bertz CT molecular complexity index is 446. The van der Waals surface area contributed by atoms with Crippen LogP contribution < -0.4 is 5.32 Å². The maximum Gasteiger partial charge on any atom is 0.257 e. The van der Waals surface area contributed by atoms with E-state index in [4.69, 9.17) is 0 Å². The number of amides is 1. The molecule has 1 amide bonds. The summed E-state index contributed by atoms with van der Waals surface area (Å²) in [5, 5.41) is 2.90. The standard InChI is InChI=1S/C15H19NOS2/c1-4-13(15(18-5-2)19-6-3)14(17)16-12-10-8-7-9-11-12/h4,7-11H,1,5-6H2,2-3H3,(H,16,17). The Balaban J connectivity index is 2.91. The fourth-order valence-corrected chi connectivity index (χ4v) is 3.68. The highest BCUT2D eigenvalue weighted by Gasteiger charge is 2.13. The van der Waals surface area contributed by atoms with Gasteiger partial charge in [-0.2, -0.15) is 0 Å². The largest absolute Gasteiger partial charge is 0.322 e. The summed E-state index contributed by atoms with van der Waals surface area (Å²) in [6.07, 6.45) is 1.64. The molecule has 0 atom stereocenters. The van der Waals surface area contributed by atoms with Crippen molar-refractivity contribution in [2.24, 2.45) is 0 Å². The molecule has 0 aliphatic carbocycles. The third-order valence-electron chi connectivity index (χ3n) is 2.25. The van der Waals surface area contributed by atoms with Gasteiger partial charge in [-0.15, -0.1) is 23.5 Å². The monoisotopic (exact) mass is 293 g/mol. The highest BCUT2D eigenvalue weighted by molar-refractivity contribution is 8.22. The summed E-state index contributed by atoms with van der Waals surface area (Å²) >= 11 is 3.37. The molecule has 19 heavy (non-hydrogen) atoms. The van der Waals surface area contributed by atoms with E-state index in [1.807, 2.05) is 30.3 Å². The minimum atomic E-state index is -0.0990. The van der Waals surface area contributed by atoms with Gasteiger partial charge < -0.3 is 5.32 Å². The van der Waals surface area contributed by atoms with Crippen molar-refractivity contribution >= 4 is 35.1 Å². The van der Waals surface area contributed by atoms with Crippen LogP contribution in [0.15, 0.2) is 52.8 Å². The molecule has 0 aliphatic heterocycles. The molecule has 0 unspecified atom stereocenters. The molecule has 1 aromatic rings. The van der Waals surface area contributed by atoms with Gasteiger partial charge >= 0.3 is 0 Å². The van der Waals surface area contributed by atoms with Crippen LogP contribution in [-0.2, 0) is 4.79 Å². The summed E-state index contributed by atoms with van der Waals surface area (Å²) in [6, 6.07) is 9.46. The first kappa shape index (κ1) is 15.9. The van der Waals surface area contributed by atoms with E-state index in [1.165, 1.54) is 0 Å². The topological polar surface area (TPSA) is 29.1 Å². The Morgan fingerprint density at radius 1 is 1.21 bits per heavy atom. The number of anilines is 1. The lowest BCUT2D eigenvalue weighted by Gasteiger charge is -2.11. The third kappa shape index (κ3) is 5.17. The van der Waals surface area contributed by atoms with E-state index >= 15 is 0 Å². The number of carbonyl (C=O) groups excluding carboxylic acids is 1. The van der Waals surface area contributed by atoms with Crippen molar-refractivity contribution in [3.8, 4) is 0 Å². The average molecular weight is 293 g/mol. The number of hydrogen-bond donors (Lipinski definition) is 1. The number of thioether (sulfide) groups is 2. The van der Waals surface area contributed by atoms with Crippen LogP contribution in [0.3, 0.4) is 0 Å². The van der Waals surface area contributed by atoms with Crippen LogP contribution in [0.25, 0.3) is 0 Å². The predicted octanol–water partition coefficient (Wildman–Crippen LogP) is 4.53. The van der Waals surface area contributed by atoms with Crippen LogP contribution in [0.5, 0.6) is 0 Å². The summed E-state index contributed by atoms with van der Waals surface area (Å²) in [4.78, 5) is 12.3. The van der Waals surface area contributed by atoms with Crippen molar-refractivity contribution in [2.45, 2.75) is 13.8 Å². The van der Waals surface area contributed by atoms with Gasteiger partial charge in [0.05, 0.1) is 9.81 Å². The van der Waals surface area contributed by atoms with E-state index in [1.54, 1.807) is 29.6 Å². The van der Waals surface area contributed by atoms with Gasteiger partial charge in [-0.1, -0.05) is 44.7 Å². The lowest BCUT2D eigenvalue weighted by atomic mass is 10.2. The zero-order chi connectivity index (χ0) is 14.1. The van der Waals surface area contributed by atoms with Gasteiger partial charge in [-0.25, -0.2) is 0 Å². The molecule has 4 heteroatoms. The van der Waals surface area contributed by atoms with Gasteiger partial charge in [0, 0.05) is 5.69 Å². The third-order valence-corrected chi connectivity index (χ3v) is 4.50. The van der Waals surface area contributed by atoms with E-state index in [9.17, 15) is 4.79 Å². The molecular weight excluding hydrogens is 274 g/mol. The van der Waals surface area contributed by atoms with Crippen LogP contribution >= 0.6 is 23.5 Å². The lowest BCUT2D eigenvalue weighted by Crippen LogP contribution is -2.14. The molecule has 1 aromatic carbocycles. The SMILES string of the molecule is C=CC(C(=O)Nc1ccccc1)=C(SCC)SCC. The summed E-state index contributed by atoms with van der Waals surface area (Å²) < 4.78 is 1.04. The minimum Gasteiger partial charge on any atom is -0.322 e. The van der Waals surface area contributed by atoms with Gasteiger partial charge in [0.15, 0.2) is 0 Å². The molecular formula is C15H19NOS2. The highest BCUT2D eigenvalue weighted by Crippen LogP contribution is 2.32. The predicted molar refractivity (Wildman–Crippen MR) is 88.6 cm³/mol. The molecule has 0 radical (unpaired) electrons. The molecule has 0 saturated carbocycles. The second-order valence-electron chi connectivity index (χ2n) is 3.59. The maximum atomic E-state index is 12.3. The van der Waals surface area contributed by atoms with Crippen molar-refractivity contribution in [2.75, 3.05) is 16.8 Å². The van der Waals surface area contributed by atoms with Gasteiger partial charge in [-0.3, -0.25) is 4.79 Å². The molecule has 0 aromatic heterocycles. The molecule has 102 valence electrons. The Kier molecular flexibility index (Phi) is 7.45. The van der Waals surface area contributed by atoms with Gasteiger partial charge in [0.2, 0.25) is 0 Å². The molecule has 0 fully saturated rings. The van der Waals surface area contributed by atoms with Gasteiger partial charge in [-0.05, 0) is 23.6 Å². The Labute approximate surface area is 123 Å². The first-order valence-corrected chi connectivity index (χ1v) is 8.18. The van der Waals surface area contributed by atoms with Crippen LogP contribution in [0.1, 0.15) is 13.8 Å². The Morgan fingerprint density at radius 3 is 2.26 bits per heavy atom. The van der Waals surface area contributed by atoms with Crippen LogP contribution in [0.2, 0.25) is 0 Å². The van der Waals surface area contributed by atoms with Crippen molar-refractivity contribution in [3.05, 3.63) is 52.8 Å². The first-order chi connectivity index (χ1) is 9.22. The summed E-state index contributed by atoms with van der Waals surface area (Å²) in [5.74, 6) is 1.79. The first-order valence-electron chi connectivity index (χ1n) is 6.21. The Morgan fingerprint density at radius 2 is 1.79 bits per heavy atom. The molecule has 0 heterocycles. The number of hydrogen-bond acceptors (Lipinski definition) is 3. The highest BCUT2D eigenvalue weighted by atomic mass is 32.2. The Hall–Kier alpha value is -1.13. The van der Waals surface area contributed by atoms with E-state index in [-0.39, 0.29) is 5.91 Å². The van der Waals surface area contributed by atoms with Crippen molar-refractivity contribution < 1.29 is 4.79 Å². The average Bonchev–Trinajstić information content (AvgIpc) is 2.41. The van der Waals surface area contributed by atoms with Crippen LogP contribution in [-0.4, -0.2) is 17.4 Å². The molecule has 0 spiro atoms.